The molecule has 0 aromatic carbocycles. The number of rotatable bonds is 4. The van der Waals surface area contributed by atoms with E-state index in [0.29, 0.717) is 13.2 Å². The Hall–Kier alpha value is -2.84. The average Bonchev–Trinajstić information content (AvgIpc) is 3.36. The first kappa shape index (κ1) is 19.9. The second-order valence-corrected chi connectivity index (χ2v) is 7.09. The van der Waals surface area contributed by atoms with Crippen LogP contribution < -0.4 is 5.32 Å². The lowest BCUT2D eigenvalue weighted by Gasteiger charge is -2.24. The van der Waals surface area contributed by atoms with E-state index in [2.05, 4.69) is 11.4 Å². The van der Waals surface area contributed by atoms with E-state index in [-0.39, 0.29) is 24.0 Å². The van der Waals surface area contributed by atoms with Crippen molar-refractivity contribution in [3.8, 4) is 6.07 Å². The summed E-state index contributed by atoms with van der Waals surface area (Å²) in [7, 11) is 0. The largest absolute Gasteiger partial charge is 0.492 e. The molecule has 3 unspecified atom stereocenters. The molecule has 0 bridgehead atoms. The van der Waals surface area contributed by atoms with Crippen molar-refractivity contribution < 1.29 is 9.53 Å². The van der Waals surface area contributed by atoms with Gasteiger partial charge < -0.3 is 9.64 Å². The Morgan fingerprint density at radius 3 is 2.54 bits per heavy atom. The van der Waals surface area contributed by atoms with Crippen LogP contribution in [0.3, 0.4) is 0 Å². The molecule has 0 radical (unpaired) electrons. The Bertz CT molecular complexity index is 767. The van der Waals surface area contributed by atoms with E-state index < -0.39 is 0 Å². The summed E-state index contributed by atoms with van der Waals surface area (Å²) in [6.45, 7) is 1.20. The highest BCUT2D eigenvalue weighted by atomic mass is 16.5. The number of amides is 1. The average molecular weight is 377 g/mol. The third kappa shape index (κ3) is 5.58. The van der Waals surface area contributed by atoms with Crippen LogP contribution >= 0.6 is 0 Å². The lowest BCUT2D eigenvalue weighted by atomic mass is 10.1. The Labute approximate surface area is 167 Å². The minimum absolute atomic E-state index is 0.0598. The fourth-order valence-corrected chi connectivity index (χ4v) is 3.61. The molecule has 0 spiro atoms. The first-order valence-corrected chi connectivity index (χ1v) is 9.92. The highest BCUT2D eigenvalue weighted by Gasteiger charge is 2.36. The number of hydrogen-bond acceptors (Lipinski definition) is 4. The highest BCUT2D eigenvalue weighted by molar-refractivity contribution is 5.83. The number of carbonyl (C=O) groups is 1. The minimum Gasteiger partial charge on any atom is -0.492 e. The van der Waals surface area contributed by atoms with Crippen molar-refractivity contribution in [1.82, 2.24) is 10.2 Å². The number of nitriles is 1. The van der Waals surface area contributed by atoms with Gasteiger partial charge in [-0.25, -0.2) is 0 Å². The molecule has 3 atom stereocenters. The molecule has 1 amide bonds. The van der Waals surface area contributed by atoms with Gasteiger partial charge in [-0.3, -0.25) is 10.1 Å². The van der Waals surface area contributed by atoms with Crippen LogP contribution in [-0.4, -0.2) is 42.1 Å². The zero-order valence-corrected chi connectivity index (χ0v) is 16.0. The highest BCUT2D eigenvalue weighted by Crippen LogP contribution is 2.22. The first-order chi connectivity index (χ1) is 13.8. The molecule has 3 rings (SSSR count). The second-order valence-electron chi connectivity index (χ2n) is 7.09. The fourth-order valence-electron chi connectivity index (χ4n) is 3.61. The van der Waals surface area contributed by atoms with Gasteiger partial charge >= 0.3 is 0 Å². The van der Waals surface area contributed by atoms with Gasteiger partial charge in [0.25, 0.3) is 0 Å². The second kappa shape index (κ2) is 10.5. The number of allylic oxidation sites excluding steroid dienone is 11. The topological polar surface area (TPSA) is 65.4 Å². The summed E-state index contributed by atoms with van der Waals surface area (Å²) in [4.78, 5) is 14.4. The molecular formula is C23H27N3O2. The third-order valence-corrected chi connectivity index (χ3v) is 5.08. The van der Waals surface area contributed by atoms with Crippen LogP contribution in [0.15, 0.2) is 72.6 Å². The van der Waals surface area contributed by atoms with Crippen LogP contribution in [0.2, 0.25) is 0 Å². The molecule has 5 heteroatoms. The van der Waals surface area contributed by atoms with Gasteiger partial charge in [-0.1, -0.05) is 54.7 Å². The number of hydrogen-bond donors (Lipinski definition) is 1. The van der Waals surface area contributed by atoms with Crippen LogP contribution in [0.1, 0.15) is 25.7 Å². The minimum atomic E-state index is -0.264. The molecule has 2 fully saturated rings. The van der Waals surface area contributed by atoms with E-state index in [1.54, 1.807) is 4.90 Å². The summed E-state index contributed by atoms with van der Waals surface area (Å²) in [6, 6.07) is 1.91. The van der Waals surface area contributed by atoms with Crippen molar-refractivity contribution in [2.45, 2.75) is 43.8 Å². The first-order valence-electron chi connectivity index (χ1n) is 9.92. The summed E-state index contributed by atoms with van der Waals surface area (Å²) < 4.78 is 5.97. The molecule has 1 N–H and O–H groups in total. The van der Waals surface area contributed by atoms with E-state index in [9.17, 15) is 10.1 Å². The van der Waals surface area contributed by atoms with Crippen molar-refractivity contribution in [3.05, 3.63) is 72.6 Å². The van der Waals surface area contributed by atoms with Crippen LogP contribution in [0.4, 0.5) is 0 Å². The van der Waals surface area contributed by atoms with Crippen LogP contribution in [0.5, 0.6) is 0 Å². The third-order valence-electron chi connectivity index (χ3n) is 5.08. The van der Waals surface area contributed by atoms with Crippen molar-refractivity contribution in [2.24, 2.45) is 0 Å². The molecular weight excluding hydrogens is 350 g/mol. The number of nitrogens with one attached hydrogen (secondary N) is 1. The van der Waals surface area contributed by atoms with Gasteiger partial charge in [0.05, 0.1) is 12.1 Å². The summed E-state index contributed by atoms with van der Waals surface area (Å²) >= 11 is 0. The predicted octanol–water partition coefficient (Wildman–Crippen LogP) is 3.32. The molecule has 28 heavy (non-hydrogen) atoms. The summed E-state index contributed by atoms with van der Waals surface area (Å²) in [5, 5.41) is 12.6. The number of nitrogens with zero attached hydrogens (tertiary/aromatic N) is 2. The Morgan fingerprint density at radius 2 is 1.79 bits per heavy atom. The van der Waals surface area contributed by atoms with Gasteiger partial charge in [0.2, 0.25) is 5.91 Å². The zero-order valence-electron chi connectivity index (χ0n) is 16.0. The molecule has 0 aromatic rings. The molecule has 146 valence electrons. The molecule has 3 aliphatic rings. The van der Waals surface area contributed by atoms with Crippen molar-refractivity contribution in [1.29, 1.82) is 5.26 Å². The van der Waals surface area contributed by atoms with Gasteiger partial charge in [0, 0.05) is 12.6 Å². The van der Waals surface area contributed by atoms with Crippen LogP contribution in [0, 0.1) is 11.3 Å². The normalized spacial score (nSPS) is 34.8. The van der Waals surface area contributed by atoms with Crippen molar-refractivity contribution in [3.63, 3.8) is 0 Å². The number of carbonyl (C=O) groups excluding carboxylic acids is 1. The summed E-state index contributed by atoms with van der Waals surface area (Å²) in [5.41, 5.74) is 0. The Morgan fingerprint density at radius 1 is 1.07 bits per heavy atom. The lowest BCUT2D eigenvalue weighted by Crippen LogP contribution is -2.47. The van der Waals surface area contributed by atoms with Gasteiger partial charge in [-0.05, 0) is 37.8 Å². The van der Waals surface area contributed by atoms with Crippen molar-refractivity contribution in [2.75, 3.05) is 13.2 Å². The fraction of sp³-hybridized carbons (Fsp3) is 0.391. The maximum atomic E-state index is 12.7. The lowest BCUT2D eigenvalue weighted by molar-refractivity contribution is -0.133. The van der Waals surface area contributed by atoms with E-state index >= 15 is 0 Å². The molecule has 0 aromatic heterocycles. The molecule has 2 heterocycles. The molecule has 0 saturated carbocycles. The maximum absolute atomic E-state index is 12.7. The quantitative estimate of drug-likeness (QED) is 0.816. The molecule has 2 saturated heterocycles. The molecule has 5 nitrogen and oxygen atoms in total. The van der Waals surface area contributed by atoms with Gasteiger partial charge in [0.15, 0.2) is 0 Å². The van der Waals surface area contributed by atoms with Gasteiger partial charge in [0.1, 0.15) is 18.4 Å². The van der Waals surface area contributed by atoms with Crippen LogP contribution in [-0.2, 0) is 9.53 Å². The molecule has 1 aliphatic carbocycles. The monoisotopic (exact) mass is 377 g/mol. The Balaban J connectivity index is 1.52. The van der Waals surface area contributed by atoms with Crippen molar-refractivity contribution >= 4 is 5.91 Å². The summed E-state index contributed by atoms with van der Waals surface area (Å²) in [5.74, 6) is 0.837. The smallest absolute Gasteiger partial charge is 0.240 e. The molecule has 2 aliphatic heterocycles. The summed E-state index contributed by atoms with van der Waals surface area (Å²) in [6.07, 6.45) is 24.9. The van der Waals surface area contributed by atoms with E-state index in [4.69, 9.17) is 4.74 Å². The maximum Gasteiger partial charge on any atom is 0.240 e. The number of ether oxygens (including phenoxy) is 1. The van der Waals surface area contributed by atoms with Gasteiger partial charge in [-0.15, -0.1) is 0 Å². The Kier molecular flexibility index (Phi) is 7.45. The zero-order chi connectivity index (χ0) is 19.6. The number of likely N-dealkylation sites (tertiary alicyclic amines) is 1. The predicted molar refractivity (Wildman–Crippen MR) is 110 cm³/mol. The van der Waals surface area contributed by atoms with E-state index in [1.807, 2.05) is 66.8 Å². The van der Waals surface area contributed by atoms with Gasteiger partial charge in [-0.2, -0.15) is 5.26 Å². The van der Waals surface area contributed by atoms with E-state index in [0.717, 1.165) is 31.4 Å². The standard InChI is InChI=1S/C23H27N3O2/c24-17-20-11-10-16-26(20)23(27)22-15-14-19(25-22)18-28-21-12-8-6-4-2-1-3-5-7-9-13-21/h1-9,12-13,19-20,22,25H,10-11,14-16,18H2/b2-1-,3-1?,4-2?,5-3-,6-4-,7-5?,8-6?,9-7-,12-8-,13-9?,21-12?,21-13+. The SMILES string of the molecule is N#CC1CCCN1C(=O)C1CCC(COC2=C/C=C\C=C/C=C\C=C/C=C\2)N1. The van der Waals surface area contributed by atoms with Crippen LogP contribution in [0.25, 0.3) is 0 Å². The van der Waals surface area contributed by atoms with E-state index in [1.165, 1.54) is 0 Å².